The highest BCUT2D eigenvalue weighted by molar-refractivity contribution is 7.07. The van der Waals surface area contributed by atoms with Crippen molar-refractivity contribution in [3.05, 3.63) is 120 Å². The van der Waals surface area contributed by atoms with Gasteiger partial charge in [0.1, 0.15) is 12.4 Å². The molecule has 43 heavy (non-hydrogen) atoms. The van der Waals surface area contributed by atoms with E-state index in [4.69, 9.17) is 18.9 Å². The first-order chi connectivity index (χ1) is 21.0. The van der Waals surface area contributed by atoms with Gasteiger partial charge in [-0.2, -0.15) is 5.26 Å². The molecule has 2 heterocycles. The van der Waals surface area contributed by atoms with E-state index in [0.717, 1.165) is 11.1 Å². The third-order valence-electron chi connectivity index (χ3n) is 6.70. The van der Waals surface area contributed by atoms with Crippen molar-refractivity contribution in [1.82, 2.24) is 4.57 Å². The molecule has 0 amide bonds. The fourth-order valence-electron chi connectivity index (χ4n) is 4.75. The SMILES string of the molecule is CCOc1ccc([C@H]2C(C(=O)OC)=CN=c3s/c(=C/c4cccc(OCc5ccccc5C#N)c4)c(=O)n32)cc1OCC. The van der Waals surface area contributed by atoms with Gasteiger partial charge in [0.15, 0.2) is 16.3 Å². The molecule has 0 unspecified atom stereocenters. The largest absolute Gasteiger partial charge is 0.490 e. The summed E-state index contributed by atoms with van der Waals surface area (Å²) in [6.07, 6.45) is 3.22. The van der Waals surface area contributed by atoms with Crippen LogP contribution in [-0.2, 0) is 16.1 Å². The van der Waals surface area contributed by atoms with Gasteiger partial charge in [-0.1, -0.05) is 47.7 Å². The molecule has 0 saturated carbocycles. The zero-order valence-electron chi connectivity index (χ0n) is 23.9. The molecule has 0 N–H and O–H groups in total. The third-order valence-corrected chi connectivity index (χ3v) is 7.69. The van der Waals surface area contributed by atoms with Crippen LogP contribution in [0.25, 0.3) is 6.08 Å². The van der Waals surface area contributed by atoms with Crippen LogP contribution in [0.5, 0.6) is 17.2 Å². The fourth-order valence-corrected chi connectivity index (χ4v) is 5.72. The Labute approximate surface area is 252 Å². The Morgan fingerprint density at radius 3 is 2.58 bits per heavy atom. The minimum atomic E-state index is -0.782. The van der Waals surface area contributed by atoms with Gasteiger partial charge in [-0.05, 0) is 61.4 Å². The molecule has 1 aliphatic rings. The molecule has 5 rings (SSSR count). The molecule has 1 aliphatic heterocycles. The lowest BCUT2D eigenvalue weighted by molar-refractivity contribution is -0.136. The molecule has 1 atom stereocenters. The van der Waals surface area contributed by atoms with E-state index >= 15 is 0 Å². The first-order valence-electron chi connectivity index (χ1n) is 13.7. The number of hydrogen-bond acceptors (Lipinski definition) is 9. The lowest BCUT2D eigenvalue weighted by atomic mass is 9.97. The number of rotatable bonds is 10. The van der Waals surface area contributed by atoms with Crippen LogP contribution in [0.15, 0.2) is 88.3 Å². The number of benzene rings is 3. The second-order valence-corrected chi connectivity index (χ2v) is 10.4. The lowest BCUT2D eigenvalue weighted by Gasteiger charge is -2.23. The predicted molar refractivity (Wildman–Crippen MR) is 162 cm³/mol. The Kier molecular flexibility index (Phi) is 9.03. The van der Waals surface area contributed by atoms with E-state index < -0.39 is 12.0 Å². The number of carbonyl (C=O) groups is 1. The number of ether oxygens (including phenoxy) is 4. The van der Waals surface area contributed by atoms with Gasteiger partial charge >= 0.3 is 5.97 Å². The van der Waals surface area contributed by atoms with Crippen molar-refractivity contribution in [2.75, 3.05) is 20.3 Å². The maximum absolute atomic E-state index is 13.9. The molecule has 4 aromatic rings. The maximum Gasteiger partial charge on any atom is 0.337 e. The molecule has 9 nitrogen and oxygen atoms in total. The number of carbonyl (C=O) groups excluding carboxylic acids is 1. The highest BCUT2D eigenvalue weighted by Crippen LogP contribution is 2.35. The summed E-state index contributed by atoms with van der Waals surface area (Å²) in [5.41, 5.74) is 2.66. The molecule has 0 radical (unpaired) electrons. The minimum absolute atomic E-state index is 0.223. The number of methoxy groups -OCH3 is 1. The van der Waals surface area contributed by atoms with Crippen molar-refractivity contribution in [3.8, 4) is 23.3 Å². The number of fused-ring (bicyclic) bond motifs is 1. The van der Waals surface area contributed by atoms with Gasteiger partial charge in [-0.15, -0.1) is 0 Å². The second-order valence-electron chi connectivity index (χ2n) is 9.38. The Bertz CT molecular complexity index is 1920. The number of aromatic nitrogens is 1. The van der Waals surface area contributed by atoms with Crippen molar-refractivity contribution in [1.29, 1.82) is 5.26 Å². The first kappa shape index (κ1) is 29.4. The smallest absolute Gasteiger partial charge is 0.337 e. The molecule has 0 saturated heterocycles. The maximum atomic E-state index is 13.9. The number of thiazole rings is 1. The van der Waals surface area contributed by atoms with Gasteiger partial charge in [0.25, 0.3) is 5.56 Å². The van der Waals surface area contributed by atoms with E-state index in [1.165, 1.54) is 29.2 Å². The van der Waals surface area contributed by atoms with E-state index in [0.29, 0.717) is 50.9 Å². The zero-order chi connectivity index (χ0) is 30.3. The van der Waals surface area contributed by atoms with Crippen LogP contribution in [0, 0.1) is 11.3 Å². The highest BCUT2D eigenvalue weighted by atomic mass is 32.1. The van der Waals surface area contributed by atoms with Crippen molar-refractivity contribution in [2.24, 2.45) is 4.99 Å². The molecule has 3 aromatic carbocycles. The van der Waals surface area contributed by atoms with Gasteiger partial charge in [0.2, 0.25) is 0 Å². The average molecular weight is 596 g/mol. The van der Waals surface area contributed by atoms with Gasteiger partial charge in [0.05, 0.1) is 48.1 Å². The summed E-state index contributed by atoms with van der Waals surface area (Å²) < 4.78 is 24.5. The van der Waals surface area contributed by atoms with E-state index in [2.05, 4.69) is 11.1 Å². The first-order valence-corrected chi connectivity index (χ1v) is 14.5. The fraction of sp³-hybridized carbons (Fsp3) is 0.212. The summed E-state index contributed by atoms with van der Waals surface area (Å²) in [7, 11) is 1.29. The summed E-state index contributed by atoms with van der Waals surface area (Å²) in [4.78, 5) is 31.6. The number of esters is 1. The molecule has 1 aromatic heterocycles. The molecule has 218 valence electrons. The minimum Gasteiger partial charge on any atom is -0.490 e. The van der Waals surface area contributed by atoms with E-state index in [-0.39, 0.29) is 17.7 Å². The molecule has 0 spiro atoms. The Balaban J connectivity index is 1.53. The molecular formula is C33H29N3O6S. The predicted octanol–water partition coefficient (Wildman–Crippen LogP) is 4.27. The average Bonchev–Trinajstić information content (AvgIpc) is 3.35. The van der Waals surface area contributed by atoms with Crippen LogP contribution in [0.2, 0.25) is 0 Å². The van der Waals surface area contributed by atoms with Crippen molar-refractivity contribution >= 4 is 23.4 Å². The summed E-state index contributed by atoms with van der Waals surface area (Å²) in [5.74, 6) is 1.09. The van der Waals surface area contributed by atoms with Gasteiger partial charge in [-0.25, -0.2) is 9.79 Å². The Morgan fingerprint density at radius 2 is 1.81 bits per heavy atom. The molecular weight excluding hydrogens is 566 g/mol. The van der Waals surface area contributed by atoms with Crippen molar-refractivity contribution < 1.29 is 23.7 Å². The standard InChI is InChI=1S/C33H29N3O6S/c1-4-40-27-14-13-22(17-28(27)41-5-2)30-26(32(38)39-3)19-35-33-36(30)31(37)29(43-33)16-21-9-8-12-25(15-21)42-20-24-11-7-6-10-23(24)18-34/h6-17,19,30H,4-5,20H2,1-3H3/b29-16+/t30-/m0/s1. The van der Waals surface area contributed by atoms with Crippen LogP contribution < -0.4 is 29.1 Å². The third kappa shape index (κ3) is 6.22. The van der Waals surface area contributed by atoms with E-state index in [1.54, 1.807) is 24.3 Å². The monoisotopic (exact) mass is 595 g/mol. The normalized spacial score (nSPS) is 14.1. The highest BCUT2D eigenvalue weighted by Gasteiger charge is 2.31. The molecule has 0 bridgehead atoms. The van der Waals surface area contributed by atoms with E-state index in [9.17, 15) is 14.9 Å². The van der Waals surface area contributed by atoms with Gasteiger partial charge in [-0.3, -0.25) is 9.36 Å². The van der Waals surface area contributed by atoms with Crippen molar-refractivity contribution in [2.45, 2.75) is 26.5 Å². The number of hydrogen-bond donors (Lipinski definition) is 0. The summed E-state index contributed by atoms with van der Waals surface area (Å²) in [6.45, 7) is 4.87. The quantitative estimate of drug-likeness (QED) is 0.252. The van der Waals surface area contributed by atoms with Crippen LogP contribution in [0.1, 0.15) is 42.1 Å². The summed E-state index contributed by atoms with van der Waals surface area (Å²) in [5, 5.41) is 9.35. The zero-order valence-corrected chi connectivity index (χ0v) is 24.7. The molecule has 0 aliphatic carbocycles. The van der Waals surface area contributed by atoms with Crippen LogP contribution >= 0.6 is 11.3 Å². The Morgan fingerprint density at radius 1 is 1.02 bits per heavy atom. The lowest BCUT2D eigenvalue weighted by Crippen LogP contribution is -2.39. The summed E-state index contributed by atoms with van der Waals surface area (Å²) >= 11 is 1.22. The van der Waals surface area contributed by atoms with Crippen LogP contribution in [0.4, 0.5) is 0 Å². The molecule has 0 fully saturated rings. The van der Waals surface area contributed by atoms with Crippen LogP contribution in [0.3, 0.4) is 0 Å². The second kappa shape index (κ2) is 13.2. The molecule has 10 heteroatoms. The number of nitrogens with zero attached hydrogens (tertiary/aromatic N) is 3. The van der Waals surface area contributed by atoms with Gasteiger partial charge in [0, 0.05) is 11.8 Å². The topological polar surface area (TPSA) is 112 Å². The summed E-state index contributed by atoms with van der Waals surface area (Å²) in [6, 6.07) is 21.4. The van der Waals surface area contributed by atoms with E-state index in [1.807, 2.05) is 62.4 Å². The van der Waals surface area contributed by atoms with Crippen LogP contribution in [-0.4, -0.2) is 30.9 Å². The Hall–Kier alpha value is -5.14. The van der Waals surface area contributed by atoms with Gasteiger partial charge < -0.3 is 18.9 Å². The van der Waals surface area contributed by atoms with Crippen molar-refractivity contribution in [3.63, 3.8) is 0 Å². The number of nitriles is 1.